The van der Waals surface area contributed by atoms with Gasteiger partial charge >= 0.3 is 6.18 Å². The first-order valence-electron chi connectivity index (χ1n) is 8.68. The maximum absolute atomic E-state index is 12.4. The molecule has 1 unspecified atom stereocenters. The first-order chi connectivity index (χ1) is 11.2. The third kappa shape index (κ3) is 11.1. The van der Waals surface area contributed by atoms with Gasteiger partial charge < -0.3 is 15.5 Å². The standard InChI is InChI=1S/C16H32F3N5.HI/c1-13(2)23(4)9-6-5-8-21-15(20-3)22-14-7-10-24(11-14)12-16(17,18)19;/h13-14H,5-12H2,1-4H3,(H2,20,21,22);1H. The van der Waals surface area contributed by atoms with E-state index in [2.05, 4.69) is 41.4 Å². The molecule has 1 atom stereocenters. The summed E-state index contributed by atoms with van der Waals surface area (Å²) >= 11 is 0. The fourth-order valence-corrected chi connectivity index (χ4v) is 2.69. The van der Waals surface area contributed by atoms with Crippen LogP contribution in [0.1, 0.15) is 33.1 Å². The van der Waals surface area contributed by atoms with Crippen LogP contribution in [0, 0.1) is 0 Å². The number of halogens is 4. The van der Waals surface area contributed by atoms with Gasteiger partial charge in [-0.2, -0.15) is 13.2 Å². The van der Waals surface area contributed by atoms with Gasteiger partial charge in [-0.15, -0.1) is 24.0 Å². The molecule has 0 bridgehead atoms. The number of hydrogen-bond donors (Lipinski definition) is 2. The average molecular weight is 479 g/mol. The highest BCUT2D eigenvalue weighted by atomic mass is 127. The normalized spacial score (nSPS) is 19.4. The summed E-state index contributed by atoms with van der Waals surface area (Å²) in [5, 5.41) is 6.46. The van der Waals surface area contributed by atoms with Gasteiger partial charge in [0.05, 0.1) is 6.54 Å². The molecule has 1 heterocycles. The summed E-state index contributed by atoms with van der Waals surface area (Å²) in [6.07, 6.45) is -1.29. The van der Waals surface area contributed by atoms with Crippen molar-refractivity contribution in [1.82, 2.24) is 20.4 Å². The lowest BCUT2D eigenvalue weighted by Gasteiger charge is -2.21. The molecule has 1 aliphatic heterocycles. The van der Waals surface area contributed by atoms with Crippen molar-refractivity contribution >= 4 is 29.9 Å². The fourth-order valence-electron chi connectivity index (χ4n) is 2.69. The maximum atomic E-state index is 12.4. The second kappa shape index (κ2) is 12.2. The highest BCUT2D eigenvalue weighted by molar-refractivity contribution is 14.0. The highest BCUT2D eigenvalue weighted by Crippen LogP contribution is 2.19. The first kappa shape index (κ1) is 24.7. The van der Waals surface area contributed by atoms with Crippen LogP contribution in [0.5, 0.6) is 0 Å². The van der Waals surface area contributed by atoms with Gasteiger partial charge in [-0.1, -0.05) is 0 Å². The Morgan fingerprint density at radius 2 is 2.00 bits per heavy atom. The Hall–Kier alpha value is -0.290. The lowest BCUT2D eigenvalue weighted by Crippen LogP contribution is -2.45. The van der Waals surface area contributed by atoms with Crippen LogP contribution < -0.4 is 10.6 Å². The molecule has 5 nitrogen and oxygen atoms in total. The zero-order valence-corrected chi connectivity index (χ0v) is 18.0. The summed E-state index contributed by atoms with van der Waals surface area (Å²) in [5.41, 5.74) is 0. The molecule has 0 aromatic carbocycles. The van der Waals surface area contributed by atoms with Gasteiger partial charge in [-0.25, -0.2) is 0 Å². The molecular weight excluding hydrogens is 446 g/mol. The van der Waals surface area contributed by atoms with E-state index in [0.29, 0.717) is 31.5 Å². The minimum atomic E-state index is -4.13. The van der Waals surface area contributed by atoms with Crippen LogP contribution in [0.3, 0.4) is 0 Å². The highest BCUT2D eigenvalue weighted by Gasteiger charge is 2.34. The summed E-state index contributed by atoms with van der Waals surface area (Å²) in [6, 6.07) is 0.569. The van der Waals surface area contributed by atoms with Crippen LogP contribution in [-0.2, 0) is 0 Å². The van der Waals surface area contributed by atoms with Crippen molar-refractivity contribution < 1.29 is 13.2 Å². The second-order valence-corrected chi connectivity index (χ2v) is 6.76. The fraction of sp³-hybridized carbons (Fsp3) is 0.938. The number of nitrogens with one attached hydrogen (secondary N) is 2. The molecule has 0 saturated carbocycles. The van der Waals surface area contributed by atoms with E-state index >= 15 is 0 Å². The van der Waals surface area contributed by atoms with E-state index in [1.807, 2.05) is 0 Å². The second-order valence-electron chi connectivity index (χ2n) is 6.76. The number of likely N-dealkylation sites (tertiary alicyclic amines) is 1. The molecule has 0 aromatic heterocycles. The molecule has 0 aliphatic carbocycles. The lowest BCUT2D eigenvalue weighted by molar-refractivity contribution is -0.143. The van der Waals surface area contributed by atoms with Crippen LogP contribution in [0.2, 0.25) is 0 Å². The van der Waals surface area contributed by atoms with E-state index in [9.17, 15) is 13.2 Å². The van der Waals surface area contributed by atoms with Crippen LogP contribution in [-0.4, -0.2) is 80.8 Å². The third-order valence-electron chi connectivity index (χ3n) is 4.35. The van der Waals surface area contributed by atoms with Crippen molar-refractivity contribution in [2.24, 2.45) is 4.99 Å². The van der Waals surface area contributed by atoms with Crippen molar-refractivity contribution in [3.8, 4) is 0 Å². The molecule has 1 fully saturated rings. The molecule has 0 amide bonds. The zero-order valence-electron chi connectivity index (χ0n) is 15.7. The van der Waals surface area contributed by atoms with E-state index in [1.165, 1.54) is 4.90 Å². The zero-order chi connectivity index (χ0) is 18.2. The number of hydrogen-bond acceptors (Lipinski definition) is 3. The lowest BCUT2D eigenvalue weighted by atomic mass is 10.2. The quantitative estimate of drug-likeness (QED) is 0.243. The summed E-state index contributed by atoms with van der Waals surface area (Å²) in [5.74, 6) is 0.672. The number of alkyl halides is 3. The summed E-state index contributed by atoms with van der Waals surface area (Å²) < 4.78 is 37.2. The van der Waals surface area contributed by atoms with E-state index in [1.54, 1.807) is 7.05 Å². The Kier molecular flexibility index (Phi) is 12.0. The van der Waals surface area contributed by atoms with Crippen LogP contribution in [0.4, 0.5) is 13.2 Å². The average Bonchev–Trinajstić information content (AvgIpc) is 2.90. The van der Waals surface area contributed by atoms with Gasteiger partial charge in [0.15, 0.2) is 5.96 Å². The van der Waals surface area contributed by atoms with E-state index in [0.717, 1.165) is 25.9 Å². The monoisotopic (exact) mass is 479 g/mol. The number of unbranched alkanes of at least 4 members (excludes halogenated alkanes) is 1. The topological polar surface area (TPSA) is 42.9 Å². The number of guanidine groups is 1. The largest absolute Gasteiger partial charge is 0.401 e. The Labute approximate surface area is 166 Å². The molecule has 25 heavy (non-hydrogen) atoms. The van der Waals surface area contributed by atoms with Crippen LogP contribution in [0.15, 0.2) is 4.99 Å². The molecule has 0 aromatic rings. The molecular formula is C16H33F3IN5. The molecule has 0 radical (unpaired) electrons. The number of nitrogens with zero attached hydrogens (tertiary/aromatic N) is 3. The minimum Gasteiger partial charge on any atom is -0.356 e. The molecule has 2 N–H and O–H groups in total. The first-order valence-corrected chi connectivity index (χ1v) is 8.68. The molecule has 1 aliphatic rings. The predicted molar refractivity (Wildman–Crippen MR) is 108 cm³/mol. The molecule has 9 heteroatoms. The molecule has 1 saturated heterocycles. The molecule has 0 spiro atoms. The summed E-state index contributed by atoms with van der Waals surface area (Å²) in [7, 11) is 3.80. The summed E-state index contributed by atoms with van der Waals surface area (Å²) in [6.45, 7) is 6.25. The van der Waals surface area contributed by atoms with Gasteiger partial charge in [0.2, 0.25) is 0 Å². The van der Waals surface area contributed by atoms with Crippen molar-refractivity contribution in [3.05, 3.63) is 0 Å². The van der Waals surface area contributed by atoms with Crippen molar-refractivity contribution in [3.63, 3.8) is 0 Å². The van der Waals surface area contributed by atoms with Gasteiger partial charge in [-0.3, -0.25) is 9.89 Å². The summed E-state index contributed by atoms with van der Waals surface area (Å²) in [4.78, 5) is 7.90. The third-order valence-corrected chi connectivity index (χ3v) is 4.35. The van der Waals surface area contributed by atoms with Gasteiger partial charge in [0, 0.05) is 38.8 Å². The Morgan fingerprint density at radius 3 is 2.56 bits per heavy atom. The van der Waals surface area contributed by atoms with Crippen LogP contribution >= 0.6 is 24.0 Å². The molecule has 1 rings (SSSR count). The maximum Gasteiger partial charge on any atom is 0.401 e. The Bertz CT molecular complexity index is 390. The van der Waals surface area contributed by atoms with Crippen LogP contribution in [0.25, 0.3) is 0 Å². The van der Waals surface area contributed by atoms with Gasteiger partial charge in [-0.05, 0) is 46.7 Å². The van der Waals surface area contributed by atoms with E-state index < -0.39 is 12.7 Å². The van der Waals surface area contributed by atoms with Gasteiger partial charge in [0.1, 0.15) is 0 Å². The molecule has 150 valence electrons. The van der Waals surface area contributed by atoms with Crippen molar-refractivity contribution in [2.45, 2.75) is 51.4 Å². The minimum absolute atomic E-state index is 0. The SMILES string of the molecule is CN=C(NCCCCN(C)C(C)C)NC1CCN(CC(F)(F)F)C1.I. The van der Waals surface area contributed by atoms with E-state index in [-0.39, 0.29) is 30.0 Å². The van der Waals surface area contributed by atoms with Crippen molar-refractivity contribution in [2.75, 3.05) is 46.8 Å². The smallest absolute Gasteiger partial charge is 0.356 e. The number of aliphatic imine (C=N–C) groups is 1. The predicted octanol–water partition coefficient (Wildman–Crippen LogP) is 2.53. The Morgan fingerprint density at radius 1 is 1.32 bits per heavy atom. The van der Waals surface area contributed by atoms with Gasteiger partial charge in [0.25, 0.3) is 0 Å². The Balaban J connectivity index is 0.00000576. The number of rotatable bonds is 8. The van der Waals surface area contributed by atoms with E-state index in [4.69, 9.17) is 0 Å². The van der Waals surface area contributed by atoms with Crippen molar-refractivity contribution in [1.29, 1.82) is 0 Å².